The van der Waals surface area contributed by atoms with E-state index in [1.165, 1.54) is 4.90 Å². The molecule has 0 radical (unpaired) electrons. The summed E-state index contributed by atoms with van der Waals surface area (Å²) in [6.07, 6.45) is -0.948. The Kier molecular flexibility index (Phi) is 6.14. The normalized spacial score (nSPS) is 17.4. The fraction of sp³-hybridized carbons (Fsp3) is 0.500. The molecular weight excluding hydrogens is 348 g/mol. The fourth-order valence-corrected chi connectivity index (χ4v) is 3.06. The van der Waals surface area contributed by atoms with Gasteiger partial charge in [-0.25, -0.2) is 14.6 Å². The number of nitrogens with two attached hydrogens (primary N) is 2. The van der Waals surface area contributed by atoms with Gasteiger partial charge in [0.05, 0.1) is 11.7 Å². The Morgan fingerprint density at radius 1 is 1.22 bits per heavy atom. The van der Waals surface area contributed by atoms with E-state index in [0.717, 1.165) is 5.56 Å². The van der Waals surface area contributed by atoms with Crippen molar-refractivity contribution in [2.24, 2.45) is 21.9 Å². The van der Waals surface area contributed by atoms with Gasteiger partial charge in [0.15, 0.2) is 5.96 Å². The molecule has 1 aliphatic rings. The topological polar surface area (TPSA) is 137 Å². The van der Waals surface area contributed by atoms with Crippen LogP contribution >= 0.6 is 0 Å². The van der Waals surface area contributed by atoms with Gasteiger partial charge in [0, 0.05) is 26.2 Å². The lowest BCUT2D eigenvalue weighted by atomic mass is 9.84. The molecule has 6 N–H and O–H groups in total. The van der Waals surface area contributed by atoms with E-state index >= 15 is 0 Å². The molecule has 1 fully saturated rings. The molecular formula is C18H28N6O3. The van der Waals surface area contributed by atoms with Gasteiger partial charge in [-0.05, 0) is 23.1 Å². The van der Waals surface area contributed by atoms with E-state index in [4.69, 9.17) is 11.5 Å². The second-order valence-corrected chi connectivity index (χ2v) is 7.67. The summed E-state index contributed by atoms with van der Waals surface area (Å²) < 4.78 is 0. The lowest BCUT2D eigenvalue weighted by Crippen LogP contribution is -2.61. The number of nitrogens with zero attached hydrogens (tertiary/aromatic N) is 3. The molecule has 0 aromatic heterocycles. The van der Waals surface area contributed by atoms with Gasteiger partial charge in [-0.15, -0.1) is 0 Å². The van der Waals surface area contributed by atoms with Crippen molar-refractivity contribution >= 4 is 23.8 Å². The molecule has 1 aromatic rings. The van der Waals surface area contributed by atoms with Crippen molar-refractivity contribution in [3.05, 3.63) is 29.8 Å². The lowest BCUT2D eigenvalue weighted by molar-refractivity contribution is 0.0334. The van der Waals surface area contributed by atoms with Gasteiger partial charge in [-0.3, -0.25) is 0 Å². The summed E-state index contributed by atoms with van der Waals surface area (Å²) in [6.45, 7) is 7.34. The third-order valence-corrected chi connectivity index (χ3v) is 4.55. The minimum Gasteiger partial charge on any atom is -0.465 e. The third-order valence-electron chi connectivity index (χ3n) is 4.55. The highest BCUT2D eigenvalue weighted by Gasteiger charge is 2.39. The van der Waals surface area contributed by atoms with E-state index < -0.39 is 6.09 Å². The Labute approximate surface area is 159 Å². The summed E-state index contributed by atoms with van der Waals surface area (Å²) in [7, 11) is 0. The van der Waals surface area contributed by atoms with Crippen LogP contribution in [0, 0.1) is 5.41 Å². The Morgan fingerprint density at radius 3 is 2.37 bits per heavy atom. The number of guanidine groups is 1. The zero-order chi connectivity index (χ0) is 20.2. The van der Waals surface area contributed by atoms with Crippen molar-refractivity contribution in [1.82, 2.24) is 15.1 Å². The van der Waals surface area contributed by atoms with Crippen LogP contribution in [-0.4, -0.2) is 58.7 Å². The predicted octanol–water partition coefficient (Wildman–Crippen LogP) is 1.51. The molecule has 0 spiro atoms. The fourth-order valence-electron chi connectivity index (χ4n) is 3.06. The molecule has 9 nitrogen and oxygen atoms in total. The van der Waals surface area contributed by atoms with Crippen molar-refractivity contribution in [3.63, 3.8) is 0 Å². The molecule has 1 atom stereocenters. The molecule has 1 heterocycles. The first-order chi connectivity index (χ1) is 12.6. The van der Waals surface area contributed by atoms with Crippen LogP contribution in [-0.2, 0) is 6.54 Å². The summed E-state index contributed by atoms with van der Waals surface area (Å²) >= 11 is 0. The number of rotatable bonds is 3. The average molecular weight is 376 g/mol. The van der Waals surface area contributed by atoms with E-state index in [1.807, 2.05) is 32.9 Å². The van der Waals surface area contributed by atoms with Gasteiger partial charge in [0.2, 0.25) is 0 Å². The number of nitrogens with one attached hydrogen (secondary N) is 1. The van der Waals surface area contributed by atoms with E-state index in [-0.39, 0.29) is 23.4 Å². The minimum atomic E-state index is -0.948. The second kappa shape index (κ2) is 8.15. The summed E-state index contributed by atoms with van der Waals surface area (Å²) in [6, 6.07) is 6.74. The summed E-state index contributed by atoms with van der Waals surface area (Å²) in [5, 5.41) is 12.3. The number of hydrogen-bond donors (Lipinski definition) is 4. The Balaban J connectivity index is 1.96. The summed E-state index contributed by atoms with van der Waals surface area (Å²) in [4.78, 5) is 31.0. The first-order valence-corrected chi connectivity index (χ1v) is 8.79. The van der Waals surface area contributed by atoms with E-state index in [9.17, 15) is 14.7 Å². The standard InChI is InChI=1S/C18H28N6O3/c1-18(2,3)14-11-23(8-9-24(14)17(26)27)16(25)21-10-12-4-6-13(7-5-12)22-15(19)20/h4-7,14H,8-11H2,1-3H3,(H,21,25)(H,26,27)(H4,19,20,22). The molecule has 1 saturated heterocycles. The SMILES string of the molecule is CC(C)(C)C1CN(C(=O)NCc2ccc(N=C(N)N)cc2)CCN1C(=O)O. The van der Waals surface area contributed by atoms with E-state index in [0.29, 0.717) is 31.9 Å². The quantitative estimate of drug-likeness (QED) is 0.468. The Morgan fingerprint density at radius 2 is 1.85 bits per heavy atom. The first-order valence-electron chi connectivity index (χ1n) is 8.79. The molecule has 2 rings (SSSR count). The third kappa shape index (κ3) is 5.50. The largest absolute Gasteiger partial charge is 0.465 e. The van der Waals surface area contributed by atoms with Crippen LogP contribution in [0.5, 0.6) is 0 Å². The van der Waals surface area contributed by atoms with Crippen molar-refractivity contribution in [2.75, 3.05) is 19.6 Å². The number of carboxylic acid groups (broad SMARTS) is 1. The minimum absolute atomic E-state index is 0.00930. The van der Waals surface area contributed by atoms with Crippen LogP contribution in [0.1, 0.15) is 26.3 Å². The number of aliphatic imine (C=N–C) groups is 1. The number of urea groups is 1. The van der Waals surface area contributed by atoms with Gasteiger partial charge in [0.1, 0.15) is 0 Å². The van der Waals surface area contributed by atoms with Gasteiger partial charge < -0.3 is 31.7 Å². The maximum atomic E-state index is 12.5. The highest BCUT2D eigenvalue weighted by atomic mass is 16.4. The van der Waals surface area contributed by atoms with Crippen molar-refractivity contribution in [2.45, 2.75) is 33.4 Å². The van der Waals surface area contributed by atoms with Gasteiger partial charge in [-0.1, -0.05) is 32.9 Å². The van der Waals surface area contributed by atoms with Gasteiger partial charge in [-0.2, -0.15) is 0 Å². The molecule has 3 amide bonds. The summed E-state index contributed by atoms with van der Waals surface area (Å²) in [5.74, 6) is -0.00930. The molecule has 1 aliphatic heterocycles. The number of hydrogen-bond acceptors (Lipinski definition) is 3. The number of piperazine rings is 1. The lowest BCUT2D eigenvalue weighted by Gasteiger charge is -2.45. The highest BCUT2D eigenvalue weighted by Crippen LogP contribution is 2.27. The van der Waals surface area contributed by atoms with Crippen LogP contribution in [0.25, 0.3) is 0 Å². The average Bonchev–Trinajstić information content (AvgIpc) is 2.59. The number of carbonyl (C=O) groups is 2. The van der Waals surface area contributed by atoms with Crippen LogP contribution in [0.3, 0.4) is 0 Å². The van der Waals surface area contributed by atoms with Crippen LogP contribution in [0.4, 0.5) is 15.3 Å². The van der Waals surface area contributed by atoms with Crippen LogP contribution in [0.15, 0.2) is 29.3 Å². The number of benzene rings is 1. The summed E-state index contributed by atoms with van der Waals surface area (Å²) in [5.41, 5.74) is 12.0. The first kappa shape index (κ1) is 20.3. The van der Waals surface area contributed by atoms with Gasteiger partial charge in [0.25, 0.3) is 0 Å². The molecule has 0 saturated carbocycles. The molecule has 0 aliphatic carbocycles. The zero-order valence-electron chi connectivity index (χ0n) is 16.0. The van der Waals surface area contributed by atoms with Gasteiger partial charge >= 0.3 is 12.1 Å². The molecule has 1 unspecified atom stereocenters. The van der Waals surface area contributed by atoms with E-state index in [2.05, 4.69) is 10.3 Å². The molecule has 1 aromatic carbocycles. The number of amides is 3. The highest BCUT2D eigenvalue weighted by molar-refractivity contribution is 5.79. The second-order valence-electron chi connectivity index (χ2n) is 7.67. The molecule has 9 heteroatoms. The van der Waals surface area contributed by atoms with Crippen molar-refractivity contribution in [1.29, 1.82) is 0 Å². The predicted molar refractivity (Wildman–Crippen MR) is 104 cm³/mol. The van der Waals surface area contributed by atoms with Crippen molar-refractivity contribution in [3.8, 4) is 0 Å². The number of carbonyl (C=O) groups excluding carboxylic acids is 1. The van der Waals surface area contributed by atoms with Crippen LogP contribution < -0.4 is 16.8 Å². The van der Waals surface area contributed by atoms with Crippen molar-refractivity contribution < 1.29 is 14.7 Å². The van der Waals surface area contributed by atoms with E-state index in [1.54, 1.807) is 17.0 Å². The molecule has 0 bridgehead atoms. The molecule has 148 valence electrons. The maximum absolute atomic E-state index is 12.5. The smallest absolute Gasteiger partial charge is 0.407 e. The maximum Gasteiger partial charge on any atom is 0.407 e. The Bertz CT molecular complexity index is 707. The molecule has 27 heavy (non-hydrogen) atoms. The Hall–Kier alpha value is -2.97. The van der Waals surface area contributed by atoms with Crippen LogP contribution in [0.2, 0.25) is 0 Å². The monoisotopic (exact) mass is 376 g/mol. The zero-order valence-corrected chi connectivity index (χ0v) is 16.0.